The number of amides is 1. The van der Waals surface area contributed by atoms with Crippen LogP contribution in [-0.2, 0) is 21.2 Å². The Balaban J connectivity index is 1.69. The number of carbonyl (C=O) groups is 1. The summed E-state index contributed by atoms with van der Waals surface area (Å²) in [5, 5.41) is 2.76. The summed E-state index contributed by atoms with van der Waals surface area (Å²) in [6.45, 7) is 0. The fraction of sp³-hybridized carbons (Fsp3) is 0.208. The van der Waals surface area contributed by atoms with Crippen LogP contribution >= 0.6 is 0 Å². The molecule has 34 heavy (non-hydrogen) atoms. The molecule has 0 aromatic heterocycles. The van der Waals surface area contributed by atoms with Crippen LogP contribution in [-0.4, -0.2) is 42.8 Å². The van der Waals surface area contributed by atoms with Crippen molar-refractivity contribution >= 4 is 27.3 Å². The summed E-state index contributed by atoms with van der Waals surface area (Å²) in [5.74, 6) is 1.67. The molecule has 0 bridgehead atoms. The number of anilines is 2. The van der Waals surface area contributed by atoms with Crippen molar-refractivity contribution < 1.29 is 32.2 Å². The Hall–Kier alpha value is -3.92. The van der Waals surface area contributed by atoms with Crippen molar-refractivity contribution in [3.63, 3.8) is 0 Å². The molecule has 0 aliphatic heterocycles. The summed E-state index contributed by atoms with van der Waals surface area (Å²) in [5.41, 5.74) is 1.45. The minimum Gasteiger partial charge on any atom is -0.497 e. The average Bonchev–Trinajstić information content (AvgIpc) is 2.83. The molecule has 0 radical (unpaired) electrons. The van der Waals surface area contributed by atoms with Gasteiger partial charge in [-0.1, -0.05) is 6.07 Å². The van der Waals surface area contributed by atoms with Crippen molar-refractivity contribution in [1.82, 2.24) is 0 Å². The molecule has 3 aromatic rings. The summed E-state index contributed by atoms with van der Waals surface area (Å²) in [7, 11) is 2.09. The lowest BCUT2D eigenvalue weighted by Crippen LogP contribution is -2.16. The number of carbonyl (C=O) groups excluding carboxylic acids is 1. The summed E-state index contributed by atoms with van der Waals surface area (Å²) in [6.07, 6.45) is 0.109. The van der Waals surface area contributed by atoms with Gasteiger partial charge >= 0.3 is 0 Å². The normalized spacial score (nSPS) is 10.8. The molecule has 0 fully saturated rings. The van der Waals surface area contributed by atoms with E-state index in [9.17, 15) is 13.2 Å². The first-order valence-corrected chi connectivity index (χ1v) is 11.6. The van der Waals surface area contributed by atoms with Gasteiger partial charge in [-0.05, 0) is 54.1 Å². The lowest BCUT2D eigenvalue weighted by molar-refractivity contribution is -0.115. The maximum atomic E-state index is 12.8. The molecule has 0 aliphatic carbocycles. The fourth-order valence-electron chi connectivity index (χ4n) is 3.20. The molecular formula is C24H26N2O7S. The van der Waals surface area contributed by atoms with Gasteiger partial charge in [0.1, 0.15) is 11.5 Å². The zero-order valence-corrected chi connectivity index (χ0v) is 20.1. The van der Waals surface area contributed by atoms with Gasteiger partial charge in [0.15, 0.2) is 11.5 Å². The summed E-state index contributed by atoms with van der Waals surface area (Å²) in [4.78, 5) is 12.5. The second kappa shape index (κ2) is 10.8. The van der Waals surface area contributed by atoms with Crippen LogP contribution < -0.4 is 29.0 Å². The second-order valence-electron chi connectivity index (χ2n) is 7.11. The fourth-order valence-corrected chi connectivity index (χ4v) is 4.26. The third-order valence-electron chi connectivity index (χ3n) is 4.91. The lowest BCUT2D eigenvalue weighted by atomic mass is 10.1. The molecule has 3 aromatic carbocycles. The highest BCUT2D eigenvalue weighted by Gasteiger charge is 2.18. The molecule has 9 nitrogen and oxygen atoms in total. The maximum absolute atomic E-state index is 12.8. The predicted molar refractivity (Wildman–Crippen MR) is 129 cm³/mol. The maximum Gasteiger partial charge on any atom is 0.262 e. The van der Waals surface area contributed by atoms with E-state index < -0.39 is 10.0 Å². The molecule has 0 saturated heterocycles. The summed E-state index contributed by atoms with van der Waals surface area (Å²) in [6, 6.07) is 15.9. The summed E-state index contributed by atoms with van der Waals surface area (Å²) < 4.78 is 49.0. The Labute approximate surface area is 198 Å². The first-order chi connectivity index (χ1) is 16.3. The molecule has 10 heteroatoms. The zero-order valence-electron chi connectivity index (χ0n) is 19.2. The monoisotopic (exact) mass is 486 g/mol. The van der Waals surface area contributed by atoms with E-state index in [0.717, 1.165) is 5.56 Å². The minimum atomic E-state index is -3.90. The lowest BCUT2D eigenvalue weighted by Gasteiger charge is -2.13. The molecule has 0 aliphatic rings. The Kier molecular flexibility index (Phi) is 7.85. The van der Waals surface area contributed by atoms with Crippen molar-refractivity contribution in [1.29, 1.82) is 0 Å². The molecule has 1 amide bonds. The van der Waals surface area contributed by atoms with Gasteiger partial charge in [-0.15, -0.1) is 0 Å². The highest BCUT2D eigenvalue weighted by atomic mass is 32.2. The topological polar surface area (TPSA) is 112 Å². The van der Waals surface area contributed by atoms with Crippen molar-refractivity contribution in [3.8, 4) is 23.0 Å². The minimum absolute atomic E-state index is 0.0234. The van der Waals surface area contributed by atoms with Crippen molar-refractivity contribution in [3.05, 3.63) is 66.2 Å². The van der Waals surface area contributed by atoms with Crippen molar-refractivity contribution in [2.75, 3.05) is 38.5 Å². The molecule has 0 heterocycles. The number of hydrogen-bond donors (Lipinski definition) is 2. The first-order valence-electron chi connectivity index (χ1n) is 10.1. The molecule has 0 saturated carbocycles. The quantitative estimate of drug-likeness (QED) is 0.449. The number of sulfonamides is 1. The van der Waals surface area contributed by atoms with Crippen LogP contribution in [0, 0.1) is 0 Å². The van der Waals surface area contributed by atoms with Crippen molar-refractivity contribution in [2.24, 2.45) is 0 Å². The SMILES string of the molecule is COc1ccc(OC)c(NS(=O)(=O)c2ccc(NC(=O)Cc3ccc(OC)c(OC)c3)cc2)c1. The van der Waals surface area contributed by atoms with E-state index in [4.69, 9.17) is 18.9 Å². The van der Waals surface area contributed by atoms with E-state index in [2.05, 4.69) is 10.0 Å². The van der Waals surface area contributed by atoms with Crippen LogP contribution in [0.3, 0.4) is 0 Å². The third-order valence-corrected chi connectivity index (χ3v) is 6.29. The van der Waals surface area contributed by atoms with Crippen LogP contribution in [0.25, 0.3) is 0 Å². The number of hydrogen-bond acceptors (Lipinski definition) is 7. The average molecular weight is 487 g/mol. The molecule has 3 rings (SSSR count). The standard InChI is InChI=1S/C24H26N2O7S/c1-30-18-8-12-21(31-2)20(15-18)26-34(28,29)19-9-6-17(7-10-19)25-24(27)14-16-5-11-22(32-3)23(13-16)33-4/h5-13,15,26H,14H2,1-4H3,(H,25,27). The van der Waals surface area contributed by atoms with Crippen LogP contribution in [0.1, 0.15) is 5.56 Å². The molecule has 0 unspecified atom stereocenters. The number of ether oxygens (including phenoxy) is 4. The van der Waals surface area contributed by atoms with Gasteiger partial charge in [0.25, 0.3) is 10.0 Å². The molecule has 0 atom stereocenters. The van der Waals surface area contributed by atoms with E-state index in [0.29, 0.717) is 28.7 Å². The van der Waals surface area contributed by atoms with Gasteiger partial charge in [0.05, 0.1) is 45.4 Å². The third kappa shape index (κ3) is 5.90. The predicted octanol–water partition coefficient (Wildman–Crippen LogP) is 3.70. The van der Waals surface area contributed by atoms with Gasteiger partial charge < -0.3 is 24.3 Å². The van der Waals surface area contributed by atoms with E-state index in [1.807, 2.05) is 0 Å². The van der Waals surface area contributed by atoms with Gasteiger partial charge in [0.2, 0.25) is 5.91 Å². The van der Waals surface area contributed by atoms with Crippen LogP contribution in [0.5, 0.6) is 23.0 Å². The van der Waals surface area contributed by atoms with Crippen LogP contribution in [0.2, 0.25) is 0 Å². The molecule has 0 spiro atoms. The highest BCUT2D eigenvalue weighted by Crippen LogP contribution is 2.31. The largest absolute Gasteiger partial charge is 0.497 e. The zero-order chi connectivity index (χ0) is 24.7. The van der Waals surface area contributed by atoms with Crippen LogP contribution in [0.15, 0.2) is 65.6 Å². The van der Waals surface area contributed by atoms with Gasteiger partial charge in [-0.2, -0.15) is 0 Å². The van der Waals surface area contributed by atoms with Crippen LogP contribution in [0.4, 0.5) is 11.4 Å². The Morgan fingerprint density at radius 3 is 2.03 bits per heavy atom. The van der Waals surface area contributed by atoms with E-state index in [-0.39, 0.29) is 22.9 Å². The number of benzene rings is 3. The Bertz CT molecular complexity index is 1260. The Morgan fingerprint density at radius 2 is 1.41 bits per heavy atom. The second-order valence-corrected chi connectivity index (χ2v) is 8.79. The number of nitrogens with one attached hydrogen (secondary N) is 2. The molecular weight excluding hydrogens is 460 g/mol. The van der Waals surface area contributed by atoms with Gasteiger partial charge in [-0.25, -0.2) is 8.42 Å². The van der Waals surface area contributed by atoms with E-state index >= 15 is 0 Å². The summed E-state index contributed by atoms with van der Waals surface area (Å²) >= 11 is 0. The highest BCUT2D eigenvalue weighted by molar-refractivity contribution is 7.92. The van der Waals surface area contributed by atoms with Crippen molar-refractivity contribution in [2.45, 2.75) is 11.3 Å². The molecule has 2 N–H and O–H groups in total. The number of rotatable bonds is 10. The van der Waals surface area contributed by atoms with E-state index in [1.54, 1.807) is 30.3 Å². The van der Waals surface area contributed by atoms with E-state index in [1.165, 1.54) is 58.8 Å². The Morgan fingerprint density at radius 1 is 0.765 bits per heavy atom. The first kappa shape index (κ1) is 24.7. The smallest absolute Gasteiger partial charge is 0.262 e. The molecule has 180 valence electrons. The van der Waals surface area contributed by atoms with Gasteiger partial charge in [-0.3, -0.25) is 9.52 Å². The number of methoxy groups -OCH3 is 4. The van der Waals surface area contributed by atoms with Gasteiger partial charge in [0, 0.05) is 11.8 Å².